The van der Waals surface area contributed by atoms with Gasteiger partial charge in [0.1, 0.15) is 0 Å². The number of hydrogen-bond acceptors (Lipinski definition) is 3. The molecule has 2 aliphatic heterocycles. The van der Waals surface area contributed by atoms with Crippen molar-refractivity contribution >= 4 is 0 Å². The van der Waals surface area contributed by atoms with E-state index < -0.39 is 0 Å². The van der Waals surface area contributed by atoms with Gasteiger partial charge in [-0.25, -0.2) is 0 Å². The van der Waals surface area contributed by atoms with E-state index in [1.807, 2.05) is 0 Å². The van der Waals surface area contributed by atoms with Gasteiger partial charge in [0.2, 0.25) is 0 Å². The molecule has 0 saturated carbocycles. The molecule has 0 aliphatic carbocycles. The van der Waals surface area contributed by atoms with E-state index in [2.05, 4.69) is 44.4 Å². The van der Waals surface area contributed by atoms with E-state index in [0.29, 0.717) is 12.1 Å². The molecule has 0 aromatic carbocycles. The number of rotatable bonds is 3. The second-order valence-corrected chi connectivity index (χ2v) is 7.72. The minimum Gasteiger partial charge on any atom is -0.326 e. The Bertz CT molecular complexity index is 297. The van der Waals surface area contributed by atoms with Gasteiger partial charge in [0.15, 0.2) is 0 Å². The van der Waals surface area contributed by atoms with Crippen LogP contribution in [0.5, 0.6) is 0 Å². The molecule has 2 heterocycles. The van der Waals surface area contributed by atoms with Gasteiger partial charge in [0.05, 0.1) is 0 Å². The maximum absolute atomic E-state index is 6.48. The highest BCUT2D eigenvalue weighted by Gasteiger charge is 2.42. The molecule has 0 aromatic heterocycles. The molecule has 4 atom stereocenters. The number of fused-ring (bicyclic) bond motifs is 1. The molecule has 19 heavy (non-hydrogen) atoms. The molecule has 2 aliphatic rings. The summed E-state index contributed by atoms with van der Waals surface area (Å²) >= 11 is 0. The smallest absolute Gasteiger partial charge is 0.0299 e. The minimum atomic E-state index is 0.254. The van der Waals surface area contributed by atoms with Crippen molar-refractivity contribution in [2.24, 2.45) is 11.1 Å². The topological polar surface area (TPSA) is 32.5 Å². The van der Waals surface area contributed by atoms with Crippen LogP contribution >= 0.6 is 0 Å². The van der Waals surface area contributed by atoms with Crippen LogP contribution in [0.1, 0.15) is 53.9 Å². The Balaban J connectivity index is 2.16. The van der Waals surface area contributed by atoms with Gasteiger partial charge in [-0.3, -0.25) is 9.80 Å². The van der Waals surface area contributed by atoms with Crippen molar-refractivity contribution in [3.05, 3.63) is 0 Å². The van der Waals surface area contributed by atoms with Crippen molar-refractivity contribution in [3.8, 4) is 0 Å². The average Bonchev–Trinajstić information content (AvgIpc) is 2.74. The van der Waals surface area contributed by atoms with Crippen LogP contribution in [0.4, 0.5) is 0 Å². The summed E-state index contributed by atoms with van der Waals surface area (Å²) in [4.78, 5) is 5.42. The molecule has 2 N–H and O–H groups in total. The van der Waals surface area contributed by atoms with Crippen molar-refractivity contribution in [1.82, 2.24) is 9.80 Å². The Kier molecular flexibility index (Phi) is 4.59. The molecule has 2 rings (SSSR count). The Morgan fingerprint density at radius 3 is 2.53 bits per heavy atom. The summed E-state index contributed by atoms with van der Waals surface area (Å²) in [7, 11) is 0. The lowest BCUT2D eigenvalue weighted by Crippen LogP contribution is -2.64. The van der Waals surface area contributed by atoms with Crippen LogP contribution in [0.3, 0.4) is 0 Å². The number of piperazine rings is 1. The first-order valence-corrected chi connectivity index (χ1v) is 8.10. The second-order valence-electron chi connectivity index (χ2n) is 7.72. The molecule has 2 saturated heterocycles. The van der Waals surface area contributed by atoms with Gasteiger partial charge < -0.3 is 5.73 Å². The summed E-state index contributed by atoms with van der Waals surface area (Å²) in [5, 5.41) is 0. The number of hydrogen-bond donors (Lipinski definition) is 1. The molecule has 4 unspecified atom stereocenters. The van der Waals surface area contributed by atoms with E-state index in [0.717, 1.165) is 12.5 Å². The molecule has 3 heteroatoms. The molecule has 0 radical (unpaired) electrons. The lowest BCUT2D eigenvalue weighted by molar-refractivity contribution is -0.0196. The molecule has 2 fully saturated rings. The third-order valence-corrected chi connectivity index (χ3v) is 5.11. The zero-order chi connectivity index (χ0) is 14.2. The monoisotopic (exact) mass is 267 g/mol. The van der Waals surface area contributed by atoms with Crippen LogP contribution in [0.25, 0.3) is 0 Å². The van der Waals surface area contributed by atoms with Crippen LogP contribution in [0.2, 0.25) is 0 Å². The summed E-state index contributed by atoms with van der Waals surface area (Å²) in [5.74, 6) is 0. The Morgan fingerprint density at radius 2 is 1.95 bits per heavy atom. The van der Waals surface area contributed by atoms with E-state index in [-0.39, 0.29) is 11.5 Å². The average molecular weight is 267 g/mol. The maximum atomic E-state index is 6.48. The zero-order valence-electron chi connectivity index (χ0n) is 13.5. The van der Waals surface area contributed by atoms with Gasteiger partial charge in [-0.1, -0.05) is 27.7 Å². The highest BCUT2D eigenvalue weighted by atomic mass is 15.3. The standard InChI is InChI=1S/C16H33N3/c1-6-14(17)15(16(3,4)5)19-11-13-8-7-9-18(13)10-12(19)2/h12-15H,6-11,17H2,1-5H3. The number of nitrogens with two attached hydrogens (primary N) is 1. The van der Waals surface area contributed by atoms with E-state index in [1.54, 1.807) is 0 Å². The Hall–Kier alpha value is -0.120. The van der Waals surface area contributed by atoms with Crippen molar-refractivity contribution < 1.29 is 0 Å². The maximum Gasteiger partial charge on any atom is 0.0299 e. The van der Waals surface area contributed by atoms with Crippen LogP contribution in [-0.2, 0) is 0 Å². The molecular weight excluding hydrogens is 234 g/mol. The third-order valence-electron chi connectivity index (χ3n) is 5.11. The van der Waals surface area contributed by atoms with Gasteiger partial charge in [-0.2, -0.15) is 0 Å². The van der Waals surface area contributed by atoms with E-state index in [9.17, 15) is 0 Å². The van der Waals surface area contributed by atoms with Gasteiger partial charge >= 0.3 is 0 Å². The van der Waals surface area contributed by atoms with Gasteiger partial charge in [0, 0.05) is 37.3 Å². The van der Waals surface area contributed by atoms with Crippen LogP contribution < -0.4 is 5.73 Å². The highest BCUT2D eigenvalue weighted by molar-refractivity contribution is 4.99. The third kappa shape index (κ3) is 3.14. The highest BCUT2D eigenvalue weighted by Crippen LogP contribution is 2.33. The first-order chi connectivity index (χ1) is 8.84. The van der Waals surface area contributed by atoms with Crippen molar-refractivity contribution in [1.29, 1.82) is 0 Å². The summed E-state index contributed by atoms with van der Waals surface area (Å²) in [6, 6.07) is 2.20. The number of nitrogens with zero attached hydrogens (tertiary/aromatic N) is 2. The van der Waals surface area contributed by atoms with Crippen LogP contribution in [-0.4, -0.2) is 53.6 Å². The largest absolute Gasteiger partial charge is 0.326 e. The zero-order valence-corrected chi connectivity index (χ0v) is 13.5. The van der Waals surface area contributed by atoms with Crippen LogP contribution in [0.15, 0.2) is 0 Å². The molecule has 0 spiro atoms. The van der Waals surface area contributed by atoms with Crippen molar-refractivity contribution in [2.45, 2.75) is 78.0 Å². The minimum absolute atomic E-state index is 0.254. The fourth-order valence-corrected chi connectivity index (χ4v) is 4.21. The predicted molar refractivity (Wildman–Crippen MR) is 82.3 cm³/mol. The molecule has 0 amide bonds. The van der Waals surface area contributed by atoms with E-state index in [4.69, 9.17) is 5.73 Å². The Labute approximate surface area is 119 Å². The van der Waals surface area contributed by atoms with Gasteiger partial charge in [-0.05, 0) is 38.1 Å². The molecular formula is C16H33N3. The normalized spacial score (nSPS) is 33.2. The lowest BCUT2D eigenvalue weighted by atomic mass is 9.79. The first-order valence-electron chi connectivity index (χ1n) is 8.10. The van der Waals surface area contributed by atoms with E-state index in [1.165, 1.54) is 32.5 Å². The molecule has 112 valence electrons. The molecule has 0 aromatic rings. The Morgan fingerprint density at radius 1 is 1.26 bits per heavy atom. The van der Waals surface area contributed by atoms with Gasteiger partial charge in [0.25, 0.3) is 0 Å². The quantitative estimate of drug-likeness (QED) is 0.851. The van der Waals surface area contributed by atoms with Crippen LogP contribution in [0, 0.1) is 5.41 Å². The summed E-state index contributed by atoms with van der Waals surface area (Å²) in [6.45, 7) is 15.4. The van der Waals surface area contributed by atoms with Gasteiger partial charge in [-0.15, -0.1) is 0 Å². The predicted octanol–water partition coefficient (Wildman–Crippen LogP) is 2.31. The summed E-state index contributed by atoms with van der Waals surface area (Å²) in [5.41, 5.74) is 6.73. The fraction of sp³-hybridized carbons (Fsp3) is 1.00. The second kappa shape index (κ2) is 5.71. The van der Waals surface area contributed by atoms with Crippen molar-refractivity contribution in [3.63, 3.8) is 0 Å². The lowest BCUT2D eigenvalue weighted by Gasteiger charge is -2.51. The molecule has 3 nitrogen and oxygen atoms in total. The molecule has 0 bridgehead atoms. The SMILES string of the molecule is CCC(N)C(N1CC2CCCN2CC1C)C(C)(C)C. The summed E-state index contributed by atoms with van der Waals surface area (Å²) in [6.07, 6.45) is 3.83. The van der Waals surface area contributed by atoms with Crippen molar-refractivity contribution in [2.75, 3.05) is 19.6 Å². The fourth-order valence-electron chi connectivity index (χ4n) is 4.21. The summed E-state index contributed by atoms with van der Waals surface area (Å²) < 4.78 is 0. The van der Waals surface area contributed by atoms with E-state index >= 15 is 0 Å². The first kappa shape index (κ1) is 15.3.